The van der Waals surface area contributed by atoms with E-state index >= 15 is 0 Å². The molecule has 1 unspecified atom stereocenters. The van der Waals surface area contributed by atoms with Crippen molar-refractivity contribution >= 4 is 17.1 Å². The molecule has 1 fully saturated rings. The van der Waals surface area contributed by atoms with Crippen molar-refractivity contribution in [2.45, 2.75) is 58.1 Å². The van der Waals surface area contributed by atoms with Gasteiger partial charge < -0.3 is 19.4 Å². The van der Waals surface area contributed by atoms with Crippen molar-refractivity contribution < 1.29 is 14.3 Å². The van der Waals surface area contributed by atoms with Gasteiger partial charge in [0.25, 0.3) is 0 Å². The molecule has 1 aliphatic heterocycles. The van der Waals surface area contributed by atoms with Gasteiger partial charge in [-0.3, -0.25) is 0 Å². The molecule has 0 bridgehead atoms. The topological polar surface area (TPSA) is 65.4 Å². The monoisotopic (exact) mass is 359 g/mol. The van der Waals surface area contributed by atoms with Crippen molar-refractivity contribution in [3.63, 3.8) is 0 Å². The minimum absolute atomic E-state index is 0.229. The number of nitrogens with one attached hydrogen (secondary N) is 1. The lowest BCUT2D eigenvalue weighted by molar-refractivity contribution is 0.0505. The smallest absolute Gasteiger partial charge is 0.408 e. The molecule has 0 aromatic carbocycles. The molecule has 6 heteroatoms. The van der Waals surface area contributed by atoms with Crippen LogP contribution in [0.1, 0.15) is 63.8 Å². The molecule has 0 saturated carbocycles. The quantitative estimate of drug-likeness (QED) is 0.898. The summed E-state index contributed by atoms with van der Waals surface area (Å²) in [6, 6.07) is 4.00. The molecule has 3 rings (SSSR count). The maximum absolute atomic E-state index is 12.2. The van der Waals surface area contributed by atoms with Crippen molar-refractivity contribution in [1.82, 2.24) is 14.9 Å². The fourth-order valence-electron chi connectivity index (χ4n) is 3.45. The molecule has 1 saturated heterocycles. The highest BCUT2D eigenvalue weighted by Gasteiger charge is 2.25. The molecule has 2 aromatic heterocycles. The molecule has 1 amide bonds. The number of hydrogen-bond acceptors (Lipinski definition) is 4. The fourth-order valence-corrected chi connectivity index (χ4v) is 3.45. The zero-order chi connectivity index (χ0) is 18.9. The molecule has 1 N–H and O–H groups in total. The summed E-state index contributed by atoms with van der Waals surface area (Å²) < 4.78 is 13.0. The molecule has 0 aliphatic carbocycles. The van der Waals surface area contributed by atoms with E-state index in [1.807, 2.05) is 47.0 Å². The zero-order valence-electron chi connectivity index (χ0n) is 16.3. The Labute approximate surface area is 154 Å². The summed E-state index contributed by atoms with van der Waals surface area (Å²) in [5.41, 5.74) is 3.65. The minimum atomic E-state index is -0.524. The first kappa shape index (κ1) is 18.7. The number of aromatic nitrogens is 2. The molecule has 1 atom stereocenters. The van der Waals surface area contributed by atoms with Crippen LogP contribution < -0.4 is 5.32 Å². The second kappa shape index (κ2) is 7.27. The summed E-state index contributed by atoms with van der Waals surface area (Å²) in [5.74, 6) is 0.397. The van der Waals surface area contributed by atoms with E-state index in [9.17, 15) is 4.79 Å². The number of aryl methyl sites for hydroxylation is 1. The molecule has 1 aliphatic rings. The van der Waals surface area contributed by atoms with Crippen LogP contribution in [0.2, 0.25) is 0 Å². The van der Waals surface area contributed by atoms with Gasteiger partial charge in [0.2, 0.25) is 0 Å². The normalized spacial score (nSPS) is 17.3. The van der Waals surface area contributed by atoms with Crippen LogP contribution in [-0.2, 0) is 16.5 Å². The molecule has 2 aromatic rings. The molecule has 142 valence electrons. The third-order valence-electron chi connectivity index (χ3n) is 4.73. The highest BCUT2D eigenvalue weighted by molar-refractivity contribution is 5.77. The van der Waals surface area contributed by atoms with E-state index in [2.05, 4.69) is 16.0 Å². The molecule has 6 nitrogen and oxygen atoms in total. The Morgan fingerprint density at radius 2 is 2.08 bits per heavy atom. The Bertz CT molecular complexity index is 785. The van der Waals surface area contributed by atoms with Crippen molar-refractivity contribution in [1.29, 1.82) is 0 Å². The van der Waals surface area contributed by atoms with Crippen LogP contribution in [-0.4, -0.2) is 34.5 Å². The van der Waals surface area contributed by atoms with Gasteiger partial charge in [-0.05, 0) is 64.2 Å². The van der Waals surface area contributed by atoms with Gasteiger partial charge >= 0.3 is 6.09 Å². The number of fused-ring (bicyclic) bond motifs is 1. The van der Waals surface area contributed by atoms with Crippen LogP contribution in [0.15, 0.2) is 18.3 Å². The number of carbonyl (C=O) groups is 1. The zero-order valence-corrected chi connectivity index (χ0v) is 16.3. The van der Waals surface area contributed by atoms with Gasteiger partial charge in [-0.1, -0.05) is 0 Å². The average Bonchev–Trinajstić information content (AvgIpc) is 2.93. The molecule has 3 heterocycles. The average molecular weight is 359 g/mol. The lowest BCUT2D eigenvalue weighted by Crippen LogP contribution is -2.34. The predicted octanol–water partition coefficient (Wildman–Crippen LogP) is 4.05. The van der Waals surface area contributed by atoms with Gasteiger partial charge in [0.15, 0.2) is 0 Å². The number of nitrogens with zero attached hydrogens (tertiary/aromatic N) is 2. The summed E-state index contributed by atoms with van der Waals surface area (Å²) in [7, 11) is 2.03. The van der Waals surface area contributed by atoms with Crippen molar-refractivity contribution in [3.05, 3.63) is 29.6 Å². The van der Waals surface area contributed by atoms with E-state index in [0.717, 1.165) is 42.8 Å². The van der Waals surface area contributed by atoms with Gasteiger partial charge in [-0.2, -0.15) is 0 Å². The molecule has 0 spiro atoms. The first-order valence-electron chi connectivity index (χ1n) is 9.28. The molecule has 0 radical (unpaired) electrons. The maximum Gasteiger partial charge on any atom is 0.408 e. The van der Waals surface area contributed by atoms with E-state index < -0.39 is 11.7 Å². The van der Waals surface area contributed by atoms with Crippen LogP contribution in [0.4, 0.5) is 4.79 Å². The second-order valence-electron chi connectivity index (χ2n) is 8.05. The third kappa shape index (κ3) is 4.18. The molecule has 26 heavy (non-hydrogen) atoms. The highest BCUT2D eigenvalue weighted by atomic mass is 16.6. The number of amides is 1. The first-order chi connectivity index (χ1) is 12.2. The van der Waals surface area contributed by atoms with Crippen LogP contribution in [0, 0.1) is 0 Å². The summed E-state index contributed by atoms with van der Waals surface area (Å²) >= 11 is 0. The van der Waals surface area contributed by atoms with Crippen LogP contribution in [0.5, 0.6) is 0 Å². The van der Waals surface area contributed by atoms with Gasteiger partial charge in [0, 0.05) is 26.5 Å². The Morgan fingerprint density at radius 1 is 1.38 bits per heavy atom. The standard InChI is InChI=1S/C20H29N3O3/c1-13(21-19(24)26-20(2,3)4)18-15(14-7-10-25-11-8-14)12-17-16(22-18)6-9-23(17)5/h6,9,12-14H,7-8,10-11H2,1-5H3,(H,21,24). The van der Waals surface area contributed by atoms with E-state index in [4.69, 9.17) is 14.5 Å². The van der Waals surface area contributed by atoms with Gasteiger partial charge in [0.1, 0.15) is 5.60 Å². The maximum atomic E-state index is 12.2. The van der Waals surface area contributed by atoms with Crippen LogP contribution in [0.3, 0.4) is 0 Å². The third-order valence-corrected chi connectivity index (χ3v) is 4.73. The highest BCUT2D eigenvalue weighted by Crippen LogP contribution is 2.33. The van der Waals surface area contributed by atoms with Crippen molar-refractivity contribution in [2.75, 3.05) is 13.2 Å². The van der Waals surface area contributed by atoms with Crippen LogP contribution in [0.25, 0.3) is 11.0 Å². The van der Waals surface area contributed by atoms with Gasteiger partial charge in [0.05, 0.1) is 22.8 Å². The van der Waals surface area contributed by atoms with E-state index in [1.165, 1.54) is 5.56 Å². The molecular formula is C20H29N3O3. The SMILES string of the molecule is CC(NC(=O)OC(C)(C)C)c1nc2ccn(C)c2cc1C1CCOCC1. The Hall–Kier alpha value is -2.08. The number of rotatable bonds is 3. The Morgan fingerprint density at radius 3 is 2.73 bits per heavy atom. The summed E-state index contributed by atoms with van der Waals surface area (Å²) in [6.45, 7) is 9.08. The number of hydrogen-bond donors (Lipinski definition) is 1. The van der Waals surface area contributed by atoms with Crippen LogP contribution >= 0.6 is 0 Å². The summed E-state index contributed by atoms with van der Waals surface area (Å²) in [5, 5.41) is 2.94. The lowest BCUT2D eigenvalue weighted by atomic mass is 9.88. The van der Waals surface area contributed by atoms with Gasteiger partial charge in [-0.25, -0.2) is 9.78 Å². The second-order valence-corrected chi connectivity index (χ2v) is 8.05. The lowest BCUT2D eigenvalue weighted by Gasteiger charge is -2.27. The van der Waals surface area contributed by atoms with E-state index in [-0.39, 0.29) is 6.04 Å². The first-order valence-corrected chi connectivity index (χ1v) is 9.28. The predicted molar refractivity (Wildman–Crippen MR) is 101 cm³/mol. The number of alkyl carbamates (subject to hydrolysis) is 1. The van der Waals surface area contributed by atoms with Crippen molar-refractivity contribution in [3.8, 4) is 0 Å². The van der Waals surface area contributed by atoms with E-state index in [0.29, 0.717) is 5.92 Å². The van der Waals surface area contributed by atoms with Gasteiger partial charge in [-0.15, -0.1) is 0 Å². The number of ether oxygens (including phenoxy) is 2. The number of carbonyl (C=O) groups excluding carboxylic acids is 1. The fraction of sp³-hybridized carbons (Fsp3) is 0.600. The van der Waals surface area contributed by atoms with Crippen molar-refractivity contribution in [2.24, 2.45) is 7.05 Å². The largest absolute Gasteiger partial charge is 0.444 e. The minimum Gasteiger partial charge on any atom is -0.444 e. The summed E-state index contributed by atoms with van der Waals surface area (Å²) in [6.07, 6.45) is 3.55. The Balaban J connectivity index is 1.93. The summed E-state index contributed by atoms with van der Waals surface area (Å²) in [4.78, 5) is 17.1. The number of pyridine rings is 1. The van der Waals surface area contributed by atoms with E-state index in [1.54, 1.807) is 0 Å². The molecular weight excluding hydrogens is 330 g/mol. The Kier molecular flexibility index (Phi) is 5.23.